The molecule has 3 rings (SSSR count). The van der Waals surface area contributed by atoms with Crippen LogP contribution in [0.15, 0.2) is 36.5 Å². The fraction of sp³-hybridized carbons (Fsp3) is 0.400. The molecule has 1 aliphatic rings. The molecule has 0 radical (unpaired) electrons. The molecule has 1 aliphatic carbocycles. The van der Waals surface area contributed by atoms with E-state index in [0.29, 0.717) is 16.3 Å². The van der Waals surface area contributed by atoms with Crippen molar-refractivity contribution in [1.82, 2.24) is 10.3 Å². The molecule has 1 heterocycles. The first-order valence-corrected chi connectivity index (χ1v) is 9.12. The summed E-state index contributed by atoms with van der Waals surface area (Å²) in [5, 5.41) is 3.39. The molecule has 1 N–H and O–H groups in total. The van der Waals surface area contributed by atoms with E-state index >= 15 is 0 Å². The Bertz CT molecular complexity index is 838. The Hall–Kier alpha value is -2.34. The van der Waals surface area contributed by atoms with Crippen LogP contribution < -0.4 is 10.1 Å². The van der Waals surface area contributed by atoms with Crippen molar-refractivity contribution in [1.29, 1.82) is 0 Å². The number of rotatable bonds is 5. The summed E-state index contributed by atoms with van der Waals surface area (Å²) >= 11 is 6.09. The van der Waals surface area contributed by atoms with E-state index in [4.69, 9.17) is 21.1 Å². The van der Waals surface area contributed by atoms with Gasteiger partial charge in [0, 0.05) is 28.7 Å². The Morgan fingerprint density at radius 2 is 2.15 bits per heavy atom. The molecular weight excluding hydrogens is 371 g/mol. The number of carbonyl (C=O) groups excluding carboxylic acids is 1. The average molecular weight is 393 g/mol. The second-order valence-corrected chi connectivity index (χ2v) is 7.96. The Labute approximate surface area is 162 Å². The molecule has 5 nitrogen and oxygen atoms in total. The second-order valence-electron chi connectivity index (χ2n) is 7.52. The molecule has 0 saturated heterocycles. The van der Waals surface area contributed by atoms with Gasteiger partial charge >= 0.3 is 6.09 Å². The number of nitrogens with one attached hydrogen (secondary N) is 1. The number of pyridine rings is 1. The van der Waals surface area contributed by atoms with Crippen LogP contribution in [0, 0.1) is 5.95 Å². The molecule has 2 unspecified atom stereocenters. The molecule has 144 valence electrons. The van der Waals surface area contributed by atoms with Crippen LogP contribution in [-0.4, -0.2) is 22.7 Å². The highest BCUT2D eigenvalue weighted by atomic mass is 35.5. The van der Waals surface area contributed by atoms with Crippen LogP contribution >= 0.6 is 11.6 Å². The number of benzene rings is 1. The summed E-state index contributed by atoms with van der Waals surface area (Å²) < 4.78 is 24.8. The zero-order valence-electron chi connectivity index (χ0n) is 15.5. The molecule has 2 atom stereocenters. The van der Waals surface area contributed by atoms with E-state index in [9.17, 15) is 9.18 Å². The van der Waals surface area contributed by atoms with Gasteiger partial charge in [0.25, 0.3) is 0 Å². The zero-order chi connectivity index (χ0) is 19.6. The summed E-state index contributed by atoms with van der Waals surface area (Å²) in [5.41, 5.74) is 0.740. The third-order valence-electron chi connectivity index (χ3n) is 4.09. The number of carbonyl (C=O) groups is 1. The van der Waals surface area contributed by atoms with E-state index in [2.05, 4.69) is 10.3 Å². The zero-order valence-corrected chi connectivity index (χ0v) is 16.2. The number of halogens is 2. The van der Waals surface area contributed by atoms with Gasteiger partial charge in [-0.25, -0.2) is 9.78 Å². The third kappa shape index (κ3) is 5.32. The number of ether oxygens (including phenoxy) is 2. The smallest absolute Gasteiger partial charge is 0.407 e. The van der Waals surface area contributed by atoms with Gasteiger partial charge in [-0.2, -0.15) is 4.39 Å². The van der Waals surface area contributed by atoms with Crippen LogP contribution in [0.3, 0.4) is 0 Å². The van der Waals surface area contributed by atoms with Gasteiger partial charge in [-0.1, -0.05) is 17.7 Å². The molecule has 1 amide bonds. The summed E-state index contributed by atoms with van der Waals surface area (Å²) in [7, 11) is 0. The summed E-state index contributed by atoms with van der Waals surface area (Å²) in [5.74, 6) is 0.116. The third-order valence-corrected chi connectivity index (χ3v) is 4.32. The minimum atomic E-state index is -0.558. The normalized spacial score (nSPS) is 18.7. The highest BCUT2D eigenvalue weighted by Crippen LogP contribution is 2.45. The lowest BCUT2D eigenvalue weighted by Crippen LogP contribution is -2.34. The molecule has 1 aromatic carbocycles. The molecule has 7 heteroatoms. The van der Waals surface area contributed by atoms with Gasteiger partial charge in [0.2, 0.25) is 5.95 Å². The van der Waals surface area contributed by atoms with E-state index in [-0.39, 0.29) is 18.6 Å². The standard InChI is InChI=1S/C20H22ClFN2O3/c1-20(2,3)27-19(25)24-16-10-15(16)14-7-6-13(21)9-17(14)26-11-12-5-4-8-23-18(12)22/h4-9,15-16H,10-11H2,1-3H3,(H,24,25). The van der Waals surface area contributed by atoms with E-state index < -0.39 is 17.6 Å². The van der Waals surface area contributed by atoms with E-state index in [1.807, 2.05) is 26.8 Å². The number of aromatic nitrogens is 1. The lowest BCUT2D eigenvalue weighted by Gasteiger charge is -2.19. The summed E-state index contributed by atoms with van der Waals surface area (Å²) in [6.45, 7) is 5.50. The Kier molecular flexibility index (Phi) is 5.56. The van der Waals surface area contributed by atoms with E-state index in [1.54, 1.807) is 24.3 Å². The maximum absolute atomic E-state index is 13.7. The SMILES string of the molecule is CC(C)(C)OC(=O)NC1CC1c1ccc(Cl)cc1OCc1cccnc1F. The van der Waals surface area contributed by atoms with Crippen molar-refractivity contribution in [3.8, 4) is 5.75 Å². The van der Waals surface area contributed by atoms with E-state index in [0.717, 1.165) is 12.0 Å². The van der Waals surface area contributed by atoms with Crippen molar-refractivity contribution in [3.63, 3.8) is 0 Å². The Morgan fingerprint density at radius 1 is 1.37 bits per heavy atom. The number of nitrogens with zero attached hydrogens (tertiary/aromatic N) is 1. The first kappa shape index (κ1) is 19.4. The minimum absolute atomic E-state index is 0.0292. The predicted molar refractivity (Wildman–Crippen MR) is 100 cm³/mol. The van der Waals surface area contributed by atoms with Crippen LogP contribution in [0.5, 0.6) is 5.75 Å². The molecule has 1 aromatic heterocycles. The van der Waals surface area contributed by atoms with Crippen molar-refractivity contribution < 1.29 is 18.7 Å². The molecule has 1 fully saturated rings. The fourth-order valence-electron chi connectivity index (χ4n) is 2.78. The summed E-state index contributed by atoms with van der Waals surface area (Å²) in [6.07, 6.45) is 1.73. The lowest BCUT2D eigenvalue weighted by molar-refractivity contribution is 0.0522. The predicted octanol–water partition coefficient (Wildman–Crippen LogP) is 4.83. The van der Waals surface area contributed by atoms with Crippen LogP contribution in [0.25, 0.3) is 0 Å². The molecule has 0 spiro atoms. The van der Waals surface area contributed by atoms with Gasteiger partial charge in [-0.3, -0.25) is 0 Å². The van der Waals surface area contributed by atoms with Gasteiger partial charge in [0.05, 0.1) is 0 Å². The van der Waals surface area contributed by atoms with Gasteiger partial charge in [-0.05, 0) is 57.0 Å². The van der Waals surface area contributed by atoms with Crippen molar-refractivity contribution in [2.45, 2.75) is 51.4 Å². The number of alkyl carbamates (subject to hydrolysis) is 1. The summed E-state index contributed by atoms with van der Waals surface area (Å²) in [6, 6.07) is 8.60. The van der Waals surface area contributed by atoms with Crippen LogP contribution in [0.4, 0.5) is 9.18 Å². The van der Waals surface area contributed by atoms with Crippen LogP contribution in [0.2, 0.25) is 5.02 Å². The highest BCUT2D eigenvalue weighted by molar-refractivity contribution is 6.30. The van der Waals surface area contributed by atoms with Crippen LogP contribution in [0.1, 0.15) is 44.2 Å². The Morgan fingerprint density at radius 3 is 2.85 bits per heavy atom. The topological polar surface area (TPSA) is 60.5 Å². The van der Waals surface area contributed by atoms with Gasteiger partial charge in [0.1, 0.15) is 18.0 Å². The van der Waals surface area contributed by atoms with Crippen molar-refractivity contribution in [2.75, 3.05) is 0 Å². The lowest BCUT2D eigenvalue weighted by atomic mass is 10.1. The quantitative estimate of drug-likeness (QED) is 0.740. The average Bonchev–Trinajstić information content (AvgIpc) is 3.31. The maximum atomic E-state index is 13.7. The monoisotopic (exact) mass is 392 g/mol. The molecule has 27 heavy (non-hydrogen) atoms. The first-order valence-electron chi connectivity index (χ1n) is 8.74. The molecular formula is C20H22ClFN2O3. The molecule has 1 saturated carbocycles. The van der Waals surface area contributed by atoms with Crippen molar-refractivity contribution >= 4 is 17.7 Å². The summed E-state index contributed by atoms with van der Waals surface area (Å²) in [4.78, 5) is 15.6. The largest absolute Gasteiger partial charge is 0.488 e. The number of hydrogen-bond acceptors (Lipinski definition) is 4. The number of hydrogen-bond donors (Lipinski definition) is 1. The minimum Gasteiger partial charge on any atom is -0.488 e. The maximum Gasteiger partial charge on any atom is 0.407 e. The van der Waals surface area contributed by atoms with Gasteiger partial charge in [0.15, 0.2) is 0 Å². The first-order chi connectivity index (χ1) is 12.7. The van der Waals surface area contributed by atoms with Gasteiger partial charge < -0.3 is 14.8 Å². The fourth-order valence-corrected chi connectivity index (χ4v) is 2.94. The van der Waals surface area contributed by atoms with Crippen LogP contribution in [-0.2, 0) is 11.3 Å². The molecule has 0 bridgehead atoms. The van der Waals surface area contributed by atoms with Gasteiger partial charge in [-0.15, -0.1) is 0 Å². The van der Waals surface area contributed by atoms with Crippen molar-refractivity contribution in [3.05, 3.63) is 58.6 Å². The molecule has 0 aliphatic heterocycles. The molecule has 2 aromatic rings. The number of amides is 1. The van der Waals surface area contributed by atoms with E-state index in [1.165, 1.54) is 6.20 Å². The highest BCUT2D eigenvalue weighted by Gasteiger charge is 2.42. The second kappa shape index (κ2) is 7.72. The Balaban J connectivity index is 1.67. The van der Waals surface area contributed by atoms with Crippen molar-refractivity contribution in [2.24, 2.45) is 0 Å².